The zero-order chi connectivity index (χ0) is 23.7. The van der Waals surface area contributed by atoms with Gasteiger partial charge in [-0.05, 0) is 56.7 Å². The van der Waals surface area contributed by atoms with Gasteiger partial charge in [0.05, 0.1) is 17.0 Å². The third kappa shape index (κ3) is 4.36. The first-order valence-electron chi connectivity index (χ1n) is 10.8. The number of nitro groups is 1. The second kappa shape index (κ2) is 9.11. The molecule has 33 heavy (non-hydrogen) atoms. The molecule has 172 valence electrons. The van der Waals surface area contributed by atoms with Gasteiger partial charge in [0.15, 0.2) is 0 Å². The molecule has 8 nitrogen and oxygen atoms in total. The molecule has 2 aromatic rings. The average Bonchev–Trinajstić information content (AvgIpc) is 3.05. The van der Waals surface area contributed by atoms with E-state index in [1.165, 1.54) is 30.3 Å². The van der Waals surface area contributed by atoms with Crippen molar-refractivity contribution in [2.75, 3.05) is 27.2 Å². The van der Waals surface area contributed by atoms with Crippen molar-refractivity contribution in [2.24, 2.45) is 0 Å². The Hall–Kier alpha value is -3.59. The summed E-state index contributed by atoms with van der Waals surface area (Å²) >= 11 is 0. The summed E-state index contributed by atoms with van der Waals surface area (Å²) < 4.78 is 14.3. The van der Waals surface area contributed by atoms with Crippen LogP contribution in [0.25, 0.3) is 5.57 Å². The number of piperidine rings is 1. The molecule has 2 aromatic carbocycles. The first-order chi connectivity index (χ1) is 15.8. The lowest BCUT2D eigenvalue weighted by atomic mass is 10.00. The minimum atomic E-state index is -0.535. The summed E-state index contributed by atoms with van der Waals surface area (Å²) in [6.07, 6.45) is 1.66. The van der Waals surface area contributed by atoms with Crippen molar-refractivity contribution in [3.63, 3.8) is 0 Å². The molecule has 0 saturated carbocycles. The van der Waals surface area contributed by atoms with Crippen molar-refractivity contribution in [3.8, 4) is 0 Å². The van der Waals surface area contributed by atoms with E-state index in [1.54, 1.807) is 25.2 Å². The first-order valence-corrected chi connectivity index (χ1v) is 10.8. The lowest BCUT2D eigenvalue weighted by Gasteiger charge is -2.36. The molecule has 0 unspecified atom stereocenters. The molecule has 2 amide bonds. The Labute approximate surface area is 191 Å². The Morgan fingerprint density at radius 2 is 1.70 bits per heavy atom. The average molecular weight is 452 g/mol. The molecular formula is C24H25FN4O4. The van der Waals surface area contributed by atoms with Gasteiger partial charge in [-0.2, -0.15) is 0 Å². The number of nitrogens with zero attached hydrogens (tertiary/aromatic N) is 4. The normalized spacial score (nSPS) is 17.7. The summed E-state index contributed by atoms with van der Waals surface area (Å²) in [6, 6.07) is 11.7. The standard InChI is InChI=1S/C24H25FN4O4/c1-26-13-11-18(12-14-26)27(2)22-21(16-7-9-19(10-8-16)29(32)33)23(30)28(24(22)31)15-17-5-3-4-6-20(17)25/h3-10,18H,11-15H2,1-2H3. The fourth-order valence-electron chi connectivity index (χ4n) is 4.41. The van der Waals surface area contributed by atoms with Gasteiger partial charge in [-0.25, -0.2) is 4.39 Å². The fraction of sp³-hybridized carbons (Fsp3) is 0.333. The molecule has 0 N–H and O–H groups in total. The lowest BCUT2D eigenvalue weighted by Crippen LogP contribution is -2.43. The van der Waals surface area contributed by atoms with Crippen LogP contribution in [0.3, 0.4) is 0 Å². The highest BCUT2D eigenvalue weighted by molar-refractivity contribution is 6.35. The van der Waals surface area contributed by atoms with E-state index in [2.05, 4.69) is 4.90 Å². The molecule has 2 heterocycles. The third-order valence-corrected chi connectivity index (χ3v) is 6.39. The Bertz CT molecular complexity index is 1120. The van der Waals surface area contributed by atoms with Crippen molar-refractivity contribution in [2.45, 2.75) is 25.4 Å². The van der Waals surface area contributed by atoms with Crippen LogP contribution in [0.5, 0.6) is 0 Å². The van der Waals surface area contributed by atoms with Crippen LogP contribution in [0, 0.1) is 15.9 Å². The van der Waals surface area contributed by atoms with Crippen molar-refractivity contribution < 1.29 is 18.9 Å². The van der Waals surface area contributed by atoms with E-state index in [1.807, 2.05) is 11.9 Å². The molecule has 0 radical (unpaired) electrons. The maximum atomic E-state index is 14.3. The Kier molecular flexibility index (Phi) is 6.24. The molecule has 0 atom stereocenters. The summed E-state index contributed by atoms with van der Waals surface area (Å²) in [4.78, 5) is 42.6. The lowest BCUT2D eigenvalue weighted by molar-refractivity contribution is -0.384. The fourth-order valence-corrected chi connectivity index (χ4v) is 4.41. The number of non-ortho nitro benzene ring substituents is 1. The van der Waals surface area contributed by atoms with Crippen LogP contribution in [-0.4, -0.2) is 64.7 Å². The number of imide groups is 1. The zero-order valence-electron chi connectivity index (χ0n) is 18.5. The number of benzene rings is 2. The monoisotopic (exact) mass is 452 g/mol. The summed E-state index contributed by atoms with van der Waals surface area (Å²) in [5.74, 6) is -1.52. The van der Waals surface area contributed by atoms with E-state index < -0.39 is 22.6 Å². The van der Waals surface area contributed by atoms with Crippen LogP contribution >= 0.6 is 0 Å². The second-order valence-electron chi connectivity index (χ2n) is 8.46. The van der Waals surface area contributed by atoms with Gasteiger partial charge < -0.3 is 9.80 Å². The molecule has 2 aliphatic heterocycles. The van der Waals surface area contributed by atoms with E-state index in [0.29, 0.717) is 5.56 Å². The number of halogens is 1. The minimum absolute atomic E-state index is 0.0643. The predicted molar refractivity (Wildman–Crippen MR) is 120 cm³/mol. The summed E-state index contributed by atoms with van der Waals surface area (Å²) in [7, 11) is 3.84. The number of carbonyl (C=O) groups excluding carboxylic acids is 2. The molecule has 0 aromatic heterocycles. The number of carbonyl (C=O) groups is 2. The molecule has 0 aliphatic carbocycles. The summed E-state index contributed by atoms with van der Waals surface area (Å²) in [5, 5.41) is 11.1. The highest BCUT2D eigenvalue weighted by Crippen LogP contribution is 2.35. The van der Waals surface area contributed by atoms with Crippen LogP contribution in [0.2, 0.25) is 0 Å². The molecular weight excluding hydrogens is 427 g/mol. The van der Waals surface area contributed by atoms with Crippen molar-refractivity contribution in [1.82, 2.24) is 14.7 Å². The van der Waals surface area contributed by atoms with Crippen LogP contribution in [0.15, 0.2) is 54.2 Å². The smallest absolute Gasteiger partial charge is 0.278 e. The van der Waals surface area contributed by atoms with Gasteiger partial charge in [-0.3, -0.25) is 24.6 Å². The Morgan fingerprint density at radius 1 is 1.06 bits per heavy atom. The molecule has 0 spiro atoms. The molecule has 9 heteroatoms. The van der Waals surface area contributed by atoms with Gasteiger partial charge in [0.2, 0.25) is 0 Å². The van der Waals surface area contributed by atoms with Gasteiger partial charge in [0, 0.05) is 30.8 Å². The molecule has 1 saturated heterocycles. The number of hydrogen-bond acceptors (Lipinski definition) is 6. The van der Waals surface area contributed by atoms with E-state index in [0.717, 1.165) is 30.8 Å². The predicted octanol–water partition coefficient (Wildman–Crippen LogP) is 3.04. The largest absolute Gasteiger partial charge is 0.366 e. The number of hydrogen-bond donors (Lipinski definition) is 0. The van der Waals surface area contributed by atoms with E-state index in [9.17, 15) is 24.1 Å². The number of rotatable bonds is 6. The maximum absolute atomic E-state index is 14.3. The van der Waals surface area contributed by atoms with Crippen LogP contribution in [0.1, 0.15) is 24.0 Å². The van der Waals surface area contributed by atoms with Gasteiger partial charge in [-0.1, -0.05) is 18.2 Å². The van der Waals surface area contributed by atoms with Gasteiger partial charge >= 0.3 is 0 Å². The SMILES string of the molecule is CN1CCC(N(C)C2=C(c3ccc([N+](=O)[O-])cc3)C(=O)N(Cc3ccccc3F)C2=O)CC1. The Balaban J connectivity index is 1.73. The third-order valence-electron chi connectivity index (χ3n) is 6.39. The quantitative estimate of drug-likeness (QED) is 0.380. The van der Waals surface area contributed by atoms with Crippen molar-refractivity contribution in [1.29, 1.82) is 0 Å². The molecule has 4 rings (SSSR count). The van der Waals surface area contributed by atoms with Crippen LogP contribution in [0.4, 0.5) is 10.1 Å². The topological polar surface area (TPSA) is 87.0 Å². The number of nitro benzene ring substituents is 1. The number of amides is 2. The van der Waals surface area contributed by atoms with Gasteiger partial charge in [0.25, 0.3) is 17.5 Å². The van der Waals surface area contributed by atoms with Crippen molar-refractivity contribution in [3.05, 3.63) is 81.3 Å². The minimum Gasteiger partial charge on any atom is -0.366 e. The molecule has 2 aliphatic rings. The van der Waals surface area contributed by atoms with E-state index in [-0.39, 0.29) is 35.1 Å². The number of likely N-dealkylation sites (N-methyl/N-ethyl adjacent to an activating group) is 1. The Morgan fingerprint density at radius 3 is 2.30 bits per heavy atom. The molecule has 0 bridgehead atoms. The zero-order valence-corrected chi connectivity index (χ0v) is 18.5. The highest BCUT2D eigenvalue weighted by atomic mass is 19.1. The van der Waals surface area contributed by atoms with E-state index >= 15 is 0 Å². The summed E-state index contributed by atoms with van der Waals surface area (Å²) in [6.45, 7) is 1.55. The maximum Gasteiger partial charge on any atom is 0.278 e. The first kappa shape index (κ1) is 22.6. The van der Waals surface area contributed by atoms with E-state index in [4.69, 9.17) is 0 Å². The second-order valence-corrected chi connectivity index (χ2v) is 8.46. The van der Waals surface area contributed by atoms with Crippen molar-refractivity contribution >= 4 is 23.1 Å². The van der Waals surface area contributed by atoms with Gasteiger partial charge in [0.1, 0.15) is 11.5 Å². The van der Waals surface area contributed by atoms with Crippen LogP contribution in [-0.2, 0) is 16.1 Å². The highest BCUT2D eigenvalue weighted by Gasteiger charge is 2.42. The molecule has 1 fully saturated rings. The van der Waals surface area contributed by atoms with Crippen LogP contribution < -0.4 is 0 Å². The summed E-state index contributed by atoms with van der Waals surface area (Å²) in [5.41, 5.74) is 0.993. The number of likely N-dealkylation sites (tertiary alicyclic amines) is 1. The van der Waals surface area contributed by atoms with Gasteiger partial charge in [-0.15, -0.1) is 0 Å².